The van der Waals surface area contributed by atoms with Gasteiger partial charge in [0.1, 0.15) is 5.82 Å². The number of fused-ring (bicyclic) bond motifs is 3. The van der Waals surface area contributed by atoms with Crippen LogP contribution in [0, 0.1) is 6.57 Å². The Morgan fingerprint density at radius 1 is 0.659 bits per heavy atom. The molecule has 0 aliphatic heterocycles. The first-order valence-corrected chi connectivity index (χ1v) is 12.2. The summed E-state index contributed by atoms with van der Waals surface area (Å²) in [5.41, 5.74) is -0.577. The van der Waals surface area contributed by atoms with E-state index in [2.05, 4.69) is 19.8 Å². The monoisotopic (exact) mass is 544 g/mol. The van der Waals surface area contributed by atoms with Crippen LogP contribution in [0.5, 0.6) is 0 Å². The van der Waals surface area contributed by atoms with E-state index in [0.29, 0.717) is 11.1 Å². The van der Waals surface area contributed by atoms with Gasteiger partial charge in [0.25, 0.3) is 0 Å². The summed E-state index contributed by atoms with van der Waals surface area (Å²) in [4.78, 5) is 16.5. The SMILES string of the molecule is [2H]c1c([2H])c([2H])c(-c2nc(Cc3ccccc3Cn3c4c([2H])c([2H])c([2H])c([2H])c4c4c([2H])c([N+]#[C-])c([2H])c([2H])c43)nc(-c3c([2H])c([2H])c([2H])c([2H])c3[2H])n2)c([2H])c1[2H]. The molecule has 0 bridgehead atoms. The standard InChI is InChI=1S/C36H25N5/c1-37-29-20-21-33-31(23-29)30-18-10-11-19-32(30)41(33)24-28-17-9-8-16-27(28)22-34-38-35(25-12-4-2-5-13-25)40-36(39-34)26-14-6-3-7-15-26/h2-21,23H,22,24H2/i2D,3D,4D,5D,6D,7D,10D,11D,12D,13D,14D,15D,18D,19D,20D,21D,23D. The lowest BCUT2D eigenvalue weighted by Crippen LogP contribution is -2.07. The van der Waals surface area contributed by atoms with Crippen molar-refractivity contribution in [3.05, 3.63) is 155 Å². The molecule has 194 valence electrons. The minimum absolute atomic E-state index is 0.0774. The smallest absolute Gasteiger partial charge is 0.188 e. The molecule has 0 aliphatic carbocycles. The minimum atomic E-state index is -0.694. The summed E-state index contributed by atoms with van der Waals surface area (Å²) in [5.74, 6) is -1.01. The molecule has 5 nitrogen and oxygen atoms in total. The van der Waals surface area contributed by atoms with Gasteiger partial charge >= 0.3 is 0 Å². The second-order valence-corrected chi connectivity index (χ2v) is 8.71. The van der Waals surface area contributed by atoms with E-state index in [1.165, 1.54) is 4.57 Å². The molecule has 7 rings (SSSR count). The van der Waals surface area contributed by atoms with Gasteiger partial charge < -0.3 is 4.57 Å². The van der Waals surface area contributed by atoms with Gasteiger partial charge in [-0.2, -0.15) is 0 Å². The van der Waals surface area contributed by atoms with Crippen molar-refractivity contribution in [2.45, 2.75) is 13.0 Å². The van der Waals surface area contributed by atoms with Crippen molar-refractivity contribution in [2.75, 3.05) is 0 Å². The Labute approximate surface area is 262 Å². The van der Waals surface area contributed by atoms with Gasteiger partial charge in [-0.25, -0.2) is 19.8 Å². The lowest BCUT2D eigenvalue weighted by atomic mass is 10.0. The Bertz CT molecular complexity index is 2870. The highest BCUT2D eigenvalue weighted by molar-refractivity contribution is 6.09. The van der Waals surface area contributed by atoms with E-state index in [9.17, 15) is 0 Å². The number of benzene rings is 5. The average Bonchev–Trinajstić information content (AvgIpc) is 3.54. The van der Waals surface area contributed by atoms with Crippen LogP contribution in [0.2, 0.25) is 0 Å². The molecular formula is C36H25N5. The summed E-state index contributed by atoms with van der Waals surface area (Å²) < 4.78 is 145. The van der Waals surface area contributed by atoms with Crippen molar-refractivity contribution in [2.24, 2.45) is 0 Å². The van der Waals surface area contributed by atoms with Crippen LogP contribution in [-0.2, 0) is 13.0 Å². The first-order valence-electron chi connectivity index (χ1n) is 20.7. The molecule has 7 aromatic rings. The molecule has 5 aromatic carbocycles. The Balaban J connectivity index is 1.48. The average molecular weight is 545 g/mol. The zero-order chi connectivity index (χ0) is 42.4. The zero-order valence-corrected chi connectivity index (χ0v) is 21.0. The van der Waals surface area contributed by atoms with Gasteiger partial charge in [0.15, 0.2) is 17.3 Å². The Hall–Kier alpha value is -5.60. The van der Waals surface area contributed by atoms with E-state index < -0.39 is 131 Å². The molecule has 0 unspecified atom stereocenters. The van der Waals surface area contributed by atoms with Crippen molar-refractivity contribution in [3.8, 4) is 22.8 Å². The van der Waals surface area contributed by atoms with Gasteiger partial charge in [0.2, 0.25) is 0 Å². The second kappa shape index (κ2) is 10.5. The van der Waals surface area contributed by atoms with E-state index in [1.807, 2.05) is 0 Å². The molecule has 0 N–H and O–H groups in total. The highest BCUT2D eigenvalue weighted by atomic mass is 15.0. The number of nitrogens with zero attached hydrogens (tertiary/aromatic N) is 5. The van der Waals surface area contributed by atoms with Crippen LogP contribution >= 0.6 is 0 Å². The van der Waals surface area contributed by atoms with Gasteiger partial charge in [0, 0.05) is 43.3 Å². The molecule has 0 amide bonds. The van der Waals surface area contributed by atoms with Crippen molar-refractivity contribution < 1.29 is 23.3 Å². The molecule has 0 saturated carbocycles. The molecule has 41 heavy (non-hydrogen) atoms. The fraction of sp³-hybridized carbons (Fsp3) is 0.0556. The van der Waals surface area contributed by atoms with E-state index in [0.717, 1.165) is 0 Å². The summed E-state index contributed by atoms with van der Waals surface area (Å²) in [5, 5.41) is -0.207. The molecule has 2 aromatic heterocycles. The number of para-hydroxylation sites is 1. The second-order valence-electron chi connectivity index (χ2n) is 8.71. The molecule has 0 aliphatic rings. The van der Waals surface area contributed by atoms with Gasteiger partial charge in [0.05, 0.1) is 27.1 Å². The topological polar surface area (TPSA) is 48.0 Å². The zero-order valence-electron chi connectivity index (χ0n) is 38.0. The van der Waals surface area contributed by atoms with Crippen LogP contribution in [0.4, 0.5) is 5.69 Å². The predicted molar refractivity (Wildman–Crippen MR) is 165 cm³/mol. The lowest BCUT2D eigenvalue weighted by molar-refractivity contribution is 0.844. The minimum Gasteiger partial charge on any atom is -0.336 e. The molecule has 2 heterocycles. The summed E-state index contributed by atoms with van der Waals surface area (Å²) in [6.45, 7) is 7.37. The number of hydrogen-bond donors (Lipinski definition) is 0. The molecule has 0 atom stereocenters. The molecule has 0 spiro atoms. The summed E-state index contributed by atoms with van der Waals surface area (Å²) in [7, 11) is 0. The first kappa shape index (κ1) is 12.3. The third kappa shape index (κ3) is 4.73. The highest BCUT2D eigenvalue weighted by Crippen LogP contribution is 2.33. The molecular weight excluding hydrogens is 502 g/mol. The molecule has 0 saturated heterocycles. The third-order valence-corrected chi connectivity index (χ3v) is 6.27. The first-order chi connectivity index (χ1) is 27.3. The maximum atomic E-state index is 8.90. The number of aromatic nitrogens is 4. The number of rotatable bonds is 6. The summed E-state index contributed by atoms with van der Waals surface area (Å²) >= 11 is 0. The van der Waals surface area contributed by atoms with Crippen LogP contribution in [0.1, 0.15) is 40.3 Å². The Kier molecular flexibility index (Phi) is 3.15. The van der Waals surface area contributed by atoms with Gasteiger partial charge in [-0.15, -0.1) is 0 Å². The largest absolute Gasteiger partial charge is 0.336 e. The van der Waals surface area contributed by atoms with E-state index in [4.69, 9.17) is 29.9 Å². The Morgan fingerprint density at radius 2 is 1.27 bits per heavy atom. The van der Waals surface area contributed by atoms with Gasteiger partial charge in [-0.1, -0.05) is 109 Å². The van der Waals surface area contributed by atoms with E-state index in [-0.39, 0.29) is 40.6 Å². The van der Waals surface area contributed by atoms with Crippen LogP contribution in [0.3, 0.4) is 0 Å². The van der Waals surface area contributed by atoms with Gasteiger partial charge in [-0.3, -0.25) is 0 Å². The van der Waals surface area contributed by atoms with Crippen LogP contribution in [0.25, 0.3) is 49.4 Å². The quantitative estimate of drug-likeness (QED) is 0.197. The summed E-state index contributed by atoms with van der Waals surface area (Å²) in [6, 6.07) is -3.85. The predicted octanol–water partition coefficient (Wildman–Crippen LogP) is 8.50. The maximum absolute atomic E-state index is 8.90. The van der Waals surface area contributed by atoms with Crippen LogP contribution in [-0.4, -0.2) is 19.5 Å². The third-order valence-electron chi connectivity index (χ3n) is 6.27. The normalized spacial score (nSPS) is 16.9. The van der Waals surface area contributed by atoms with Crippen LogP contribution < -0.4 is 0 Å². The lowest BCUT2D eigenvalue weighted by Gasteiger charge is -2.13. The van der Waals surface area contributed by atoms with Crippen LogP contribution in [0.15, 0.2) is 127 Å². The molecule has 0 radical (unpaired) electrons. The van der Waals surface area contributed by atoms with Crippen molar-refractivity contribution in [1.82, 2.24) is 19.5 Å². The summed E-state index contributed by atoms with van der Waals surface area (Å²) in [6.07, 6.45) is -0.214. The van der Waals surface area contributed by atoms with E-state index >= 15 is 0 Å². The fourth-order valence-electron chi connectivity index (χ4n) is 4.46. The van der Waals surface area contributed by atoms with Crippen molar-refractivity contribution in [3.63, 3.8) is 0 Å². The fourth-order valence-corrected chi connectivity index (χ4v) is 4.46. The van der Waals surface area contributed by atoms with Crippen molar-refractivity contribution in [1.29, 1.82) is 0 Å². The highest BCUT2D eigenvalue weighted by Gasteiger charge is 2.15. The maximum Gasteiger partial charge on any atom is 0.188 e. The number of hydrogen-bond acceptors (Lipinski definition) is 3. The van der Waals surface area contributed by atoms with E-state index in [1.54, 1.807) is 24.3 Å². The van der Waals surface area contributed by atoms with Gasteiger partial charge in [-0.05, 0) is 34.6 Å². The van der Waals surface area contributed by atoms with Crippen molar-refractivity contribution >= 4 is 27.5 Å². The molecule has 5 heteroatoms. The Morgan fingerprint density at radius 3 is 1.95 bits per heavy atom. The molecule has 0 fully saturated rings.